The standard InChI is InChI=1S/C16H24FNO/c1-2-12-7-9-16(11-18,10-8-12)15(19)13-5-3-4-6-14(13)17/h3-6,12,15,19H,2,7-11,18H2,1H3. The van der Waals surface area contributed by atoms with E-state index in [1.165, 1.54) is 12.5 Å². The topological polar surface area (TPSA) is 46.2 Å². The van der Waals surface area contributed by atoms with Gasteiger partial charge in [0.05, 0.1) is 6.10 Å². The first kappa shape index (κ1) is 14.5. The molecular formula is C16H24FNO. The fourth-order valence-corrected chi connectivity index (χ4v) is 3.28. The zero-order valence-corrected chi connectivity index (χ0v) is 11.6. The molecule has 3 N–H and O–H groups in total. The van der Waals surface area contributed by atoms with E-state index in [0.29, 0.717) is 12.1 Å². The molecule has 1 atom stereocenters. The second-order valence-corrected chi connectivity index (χ2v) is 5.84. The third-order valence-electron chi connectivity index (χ3n) is 4.86. The molecule has 0 bridgehead atoms. The van der Waals surface area contributed by atoms with Crippen molar-refractivity contribution in [3.8, 4) is 0 Å². The summed E-state index contributed by atoms with van der Waals surface area (Å²) in [6.45, 7) is 2.62. The van der Waals surface area contributed by atoms with Crippen LogP contribution in [0.25, 0.3) is 0 Å². The first-order valence-corrected chi connectivity index (χ1v) is 7.25. The molecule has 0 radical (unpaired) electrons. The quantitative estimate of drug-likeness (QED) is 0.876. The van der Waals surface area contributed by atoms with Gasteiger partial charge in [-0.25, -0.2) is 4.39 Å². The van der Waals surface area contributed by atoms with Crippen molar-refractivity contribution in [1.82, 2.24) is 0 Å². The van der Waals surface area contributed by atoms with Gasteiger partial charge in [-0.3, -0.25) is 0 Å². The van der Waals surface area contributed by atoms with E-state index in [0.717, 1.165) is 31.6 Å². The van der Waals surface area contributed by atoms with Crippen LogP contribution in [0.5, 0.6) is 0 Å². The van der Waals surface area contributed by atoms with Crippen molar-refractivity contribution in [3.63, 3.8) is 0 Å². The van der Waals surface area contributed by atoms with Crippen LogP contribution in [-0.2, 0) is 0 Å². The molecule has 0 aliphatic heterocycles. The number of hydrogen-bond donors (Lipinski definition) is 2. The van der Waals surface area contributed by atoms with Crippen LogP contribution < -0.4 is 5.73 Å². The van der Waals surface area contributed by atoms with Crippen molar-refractivity contribution < 1.29 is 9.50 Å². The highest BCUT2D eigenvalue weighted by Gasteiger charge is 2.41. The molecule has 0 aromatic heterocycles. The van der Waals surface area contributed by atoms with Crippen molar-refractivity contribution in [2.45, 2.75) is 45.1 Å². The van der Waals surface area contributed by atoms with E-state index in [1.54, 1.807) is 18.2 Å². The summed E-state index contributed by atoms with van der Waals surface area (Å²) in [6.07, 6.45) is 4.32. The van der Waals surface area contributed by atoms with Crippen LogP contribution >= 0.6 is 0 Å². The highest BCUT2D eigenvalue weighted by atomic mass is 19.1. The third-order valence-corrected chi connectivity index (χ3v) is 4.86. The van der Waals surface area contributed by atoms with E-state index in [2.05, 4.69) is 6.92 Å². The maximum Gasteiger partial charge on any atom is 0.129 e. The Morgan fingerprint density at radius 2 is 2.00 bits per heavy atom. The van der Waals surface area contributed by atoms with Gasteiger partial charge >= 0.3 is 0 Å². The van der Waals surface area contributed by atoms with E-state index < -0.39 is 6.10 Å². The Morgan fingerprint density at radius 1 is 1.37 bits per heavy atom. The molecule has 2 nitrogen and oxygen atoms in total. The first-order valence-electron chi connectivity index (χ1n) is 7.25. The predicted octanol–water partition coefficient (Wildman–Crippen LogP) is 3.40. The second-order valence-electron chi connectivity index (χ2n) is 5.84. The van der Waals surface area contributed by atoms with Crippen molar-refractivity contribution >= 4 is 0 Å². The number of aliphatic hydroxyl groups excluding tert-OH is 1. The monoisotopic (exact) mass is 265 g/mol. The molecule has 1 aliphatic rings. The zero-order chi connectivity index (χ0) is 13.9. The second kappa shape index (κ2) is 6.02. The number of halogens is 1. The summed E-state index contributed by atoms with van der Waals surface area (Å²) >= 11 is 0. The lowest BCUT2D eigenvalue weighted by atomic mass is 9.65. The van der Waals surface area contributed by atoms with Gasteiger partial charge in [0.2, 0.25) is 0 Å². The zero-order valence-electron chi connectivity index (χ0n) is 11.6. The minimum Gasteiger partial charge on any atom is -0.388 e. The average molecular weight is 265 g/mol. The highest BCUT2D eigenvalue weighted by molar-refractivity contribution is 5.22. The van der Waals surface area contributed by atoms with Crippen LogP contribution in [0.3, 0.4) is 0 Å². The molecule has 1 aromatic rings. The van der Waals surface area contributed by atoms with Gasteiger partial charge in [-0.15, -0.1) is 0 Å². The van der Waals surface area contributed by atoms with Gasteiger partial charge in [-0.2, -0.15) is 0 Å². The highest BCUT2D eigenvalue weighted by Crippen LogP contribution is 2.47. The van der Waals surface area contributed by atoms with E-state index >= 15 is 0 Å². The molecule has 1 unspecified atom stereocenters. The largest absolute Gasteiger partial charge is 0.388 e. The molecule has 1 fully saturated rings. The van der Waals surface area contributed by atoms with Crippen LogP contribution in [0.4, 0.5) is 4.39 Å². The fraction of sp³-hybridized carbons (Fsp3) is 0.625. The smallest absolute Gasteiger partial charge is 0.129 e. The summed E-state index contributed by atoms with van der Waals surface area (Å²) in [5, 5.41) is 10.6. The lowest BCUT2D eigenvalue weighted by Gasteiger charge is -2.43. The fourth-order valence-electron chi connectivity index (χ4n) is 3.28. The van der Waals surface area contributed by atoms with Gasteiger partial charge in [0.1, 0.15) is 5.82 Å². The van der Waals surface area contributed by atoms with E-state index in [4.69, 9.17) is 5.73 Å². The Bertz CT molecular complexity index is 413. The molecule has 2 rings (SSSR count). The summed E-state index contributed by atoms with van der Waals surface area (Å²) in [4.78, 5) is 0. The molecular weight excluding hydrogens is 241 g/mol. The maximum atomic E-state index is 13.8. The van der Waals surface area contributed by atoms with Gasteiger partial charge in [-0.05, 0) is 37.7 Å². The van der Waals surface area contributed by atoms with Crippen molar-refractivity contribution in [2.24, 2.45) is 17.1 Å². The normalized spacial score (nSPS) is 29.2. The number of nitrogens with two attached hydrogens (primary N) is 1. The van der Waals surface area contributed by atoms with Gasteiger partial charge in [0.25, 0.3) is 0 Å². The van der Waals surface area contributed by atoms with Gasteiger partial charge in [0, 0.05) is 17.5 Å². The van der Waals surface area contributed by atoms with E-state index in [9.17, 15) is 9.50 Å². The number of hydrogen-bond acceptors (Lipinski definition) is 2. The van der Waals surface area contributed by atoms with Crippen molar-refractivity contribution in [1.29, 1.82) is 0 Å². The maximum absolute atomic E-state index is 13.8. The van der Waals surface area contributed by atoms with Crippen LogP contribution in [0, 0.1) is 17.2 Å². The molecule has 0 spiro atoms. The molecule has 3 heteroatoms. The lowest BCUT2D eigenvalue weighted by Crippen LogP contribution is -2.40. The van der Waals surface area contributed by atoms with E-state index in [-0.39, 0.29) is 11.2 Å². The molecule has 19 heavy (non-hydrogen) atoms. The van der Waals surface area contributed by atoms with Gasteiger partial charge < -0.3 is 10.8 Å². The minimum absolute atomic E-state index is 0.333. The Morgan fingerprint density at radius 3 is 2.53 bits per heavy atom. The summed E-state index contributed by atoms with van der Waals surface area (Å²) in [5.41, 5.74) is 5.97. The van der Waals surface area contributed by atoms with Crippen molar-refractivity contribution in [2.75, 3.05) is 6.54 Å². The SMILES string of the molecule is CCC1CCC(CN)(C(O)c2ccccc2F)CC1. The molecule has 1 aliphatic carbocycles. The van der Waals surface area contributed by atoms with Crippen LogP contribution in [-0.4, -0.2) is 11.7 Å². The van der Waals surface area contributed by atoms with Gasteiger partial charge in [0.15, 0.2) is 0 Å². The summed E-state index contributed by atoms with van der Waals surface area (Å²) in [5.74, 6) is 0.396. The Balaban J connectivity index is 2.20. The predicted molar refractivity (Wildman–Crippen MR) is 75.1 cm³/mol. The molecule has 0 saturated heterocycles. The Kier molecular flexibility index (Phi) is 4.58. The molecule has 0 amide bonds. The number of benzene rings is 1. The Labute approximate surface area is 114 Å². The molecule has 1 aromatic carbocycles. The van der Waals surface area contributed by atoms with Crippen molar-refractivity contribution in [3.05, 3.63) is 35.6 Å². The minimum atomic E-state index is -0.795. The third kappa shape index (κ3) is 2.82. The van der Waals surface area contributed by atoms with Gasteiger partial charge in [-0.1, -0.05) is 31.5 Å². The average Bonchev–Trinajstić information content (AvgIpc) is 2.47. The number of aliphatic hydroxyl groups is 1. The summed E-state index contributed by atoms with van der Waals surface area (Å²) in [7, 11) is 0. The summed E-state index contributed by atoms with van der Waals surface area (Å²) < 4.78 is 13.8. The molecule has 106 valence electrons. The van der Waals surface area contributed by atoms with Crippen LogP contribution in [0.1, 0.15) is 50.7 Å². The molecule has 1 saturated carbocycles. The van der Waals surface area contributed by atoms with E-state index in [1.807, 2.05) is 0 Å². The van der Waals surface area contributed by atoms with Crippen LogP contribution in [0.2, 0.25) is 0 Å². The Hall–Kier alpha value is -0.930. The molecule has 0 heterocycles. The van der Waals surface area contributed by atoms with Crippen LogP contribution in [0.15, 0.2) is 24.3 Å². The number of rotatable bonds is 4. The lowest BCUT2D eigenvalue weighted by molar-refractivity contribution is -0.0123. The summed E-state index contributed by atoms with van der Waals surface area (Å²) in [6, 6.07) is 6.49. The first-order chi connectivity index (χ1) is 9.13.